The van der Waals surface area contributed by atoms with Crippen LogP contribution in [0.4, 0.5) is 0 Å². The van der Waals surface area contributed by atoms with Crippen LogP contribution in [0.15, 0.2) is 23.3 Å². The zero-order valence-corrected chi connectivity index (χ0v) is 15.5. The molecule has 4 heteroatoms. The van der Waals surface area contributed by atoms with Gasteiger partial charge in [-0.25, -0.2) is 4.79 Å². The van der Waals surface area contributed by atoms with E-state index in [1.807, 2.05) is 18.0 Å². The van der Waals surface area contributed by atoms with Crippen molar-refractivity contribution in [3.63, 3.8) is 0 Å². The van der Waals surface area contributed by atoms with E-state index in [0.717, 1.165) is 32.1 Å². The van der Waals surface area contributed by atoms with Gasteiger partial charge in [0, 0.05) is 24.6 Å². The minimum absolute atomic E-state index is 0.00503. The predicted molar refractivity (Wildman–Crippen MR) is 95.9 cm³/mol. The molecule has 4 aliphatic rings. The molecule has 5 atom stereocenters. The Morgan fingerprint density at radius 3 is 2.68 bits per heavy atom. The summed E-state index contributed by atoms with van der Waals surface area (Å²) in [6.45, 7) is 4.64. The highest BCUT2D eigenvalue weighted by molar-refractivity contribution is 5.87. The van der Waals surface area contributed by atoms with Crippen LogP contribution in [-0.4, -0.2) is 34.5 Å². The smallest absolute Gasteiger partial charge is 0.331 e. The third kappa shape index (κ3) is 2.25. The van der Waals surface area contributed by atoms with E-state index in [1.165, 1.54) is 5.57 Å². The van der Waals surface area contributed by atoms with E-state index in [2.05, 4.69) is 19.9 Å². The van der Waals surface area contributed by atoms with E-state index in [-0.39, 0.29) is 11.0 Å². The summed E-state index contributed by atoms with van der Waals surface area (Å²) in [6.07, 6.45) is 10.8. The molecule has 0 bridgehead atoms. The Labute approximate surface area is 150 Å². The molecule has 0 aromatic heterocycles. The van der Waals surface area contributed by atoms with Gasteiger partial charge in [-0.15, -0.1) is 0 Å². The van der Waals surface area contributed by atoms with Crippen molar-refractivity contribution in [2.24, 2.45) is 23.2 Å². The summed E-state index contributed by atoms with van der Waals surface area (Å²) >= 11 is 0. The second kappa shape index (κ2) is 5.46. The molecular weight excluding hydrogens is 314 g/mol. The molecule has 0 aromatic rings. The summed E-state index contributed by atoms with van der Waals surface area (Å²) in [5.41, 5.74) is 1.91. The Kier molecular flexibility index (Phi) is 3.68. The van der Waals surface area contributed by atoms with E-state index in [4.69, 9.17) is 0 Å². The normalized spacial score (nSPS) is 43.4. The molecule has 4 nitrogen and oxygen atoms in total. The quantitative estimate of drug-likeness (QED) is 0.788. The topological polar surface area (TPSA) is 57.6 Å². The van der Waals surface area contributed by atoms with Gasteiger partial charge in [-0.1, -0.05) is 13.0 Å². The van der Waals surface area contributed by atoms with Crippen LogP contribution >= 0.6 is 0 Å². The maximum Gasteiger partial charge on any atom is 0.331 e. The number of carboxylic acid groups (broad SMARTS) is 1. The molecule has 0 radical (unpaired) electrons. The van der Waals surface area contributed by atoms with Crippen molar-refractivity contribution in [3.8, 4) is 0 Å². The van der Waals surface area contributed by atoms with Gasteiger partial charge >= 0.3 is 5.97 Å². The van der Waals surface area contributed by atoms with E-state index >= 15 is 0 Å². The summed E-state index contributed by atoms with van der Waals surface area (Å²) in [4.78, 5) is 25.7. The van der Waals surface area contributed by atoms with Crippen LogP contribution in [0.5, 0.6) is 0 Å². The first-order valence-electron chi connectivity index (χ1n) is 9.68. The van der Waals surface area contributed by atoms with Gasteiger partial charge in [0.1, 0.15) is 0 Å². The highest BCUT2D eigenvalue weighted by Crippen LogP contribution is 2.61. The van der Waals surface area contributed by atoms with Crippen LogP contribution < -0.4 is 0 Å². The Morgan fingerprint density at radius 1 is 1.20 bits per heavy atom. The van der Waals surface area contributed by atoms with Gasteiger partial charge in [-0.2, -0.15) is 0 Å². The molecule has 1 saturated heterocycles. The number of amides is 1. The van der Waals surface area contributed by atoms with Crippen molar-refractivity contribution >= 4 is 11.9 Å². The first-order valence-corrected chi connectivity index (χ1v) is 9.68. The number of nitrogens with zero attached hydrogens (tertiary/aromatic N) is 1. The monoisotopic (exact) mass is 343 g/mol. The number of allylic oxidation sites excluding steroid dienone is 3. The lowest BCUT2D eigenvalue weighted by Crippen LogP contribution is -2.62. The number of carbonyl (C=O) groups is 2. The van der Waals surface area contributed by atoms with Gasteiger partial charge in [0.25, 0.3) is 0 Å². The van der Waals surface area contributed by atoms with Crippen molar-refractivity contribution in [1.82, 2.24) is 4.90 Å². The molecule has 136 valence electrons. The number of hydrogen-bond donors (Lipinski definition) is 1. The molecule has 3 unspecified atom stereocenters. The first kappa shape index (κ1) is 16.9. The molecule has 4 rings (SSSR count). The third-order valence-electron chi connectivity index (χ3n) is 8.21. The average molecular weight is 343 g/mol. The largest absolute Gasteiger partial charge is 0.478 e. The van der Waals surface area contributed by atoms with Gasteiger partial charge in [-0.3, -0.25) is 4.79 Å². The second-order valence-electron chi connectivity index (χ2n) is 9.05. The number of carbonyl (C=O) groups excluding carboxylic acids is 1. The number of likely N-dealkylation sites (tertiary alicyclic amines) is 1. The van der Waals surface area contributed by atoms with Crippen molar-refractivity contribution in [1.29, 1.82) is 0 Å². The Bertz CT molecular complexity index is 693. The fourth-order valence-electron chi connectivity index (χ4n) is 6.47. The Hall–Kier alpha value is -1.58. The first-order chi connectivity index (χ1) is 11.8. The molecule has 1 heterocycles. The number of aliphatic carboxylic acids is 1. The highest BCUT2D eigenvalue weighted by Gasteiger charge is 2.57. The molecule has 1 saturated carbocycles. The van der Waals surface area contributed by atoms with Crippen molar-refractivity contribution < 1.29 is 14.7 Å². The zero-order valence-electron chi connectivity index (χ0n) is 15.5. The molecule has 1 aliphatic heterocycles. The fourth-order valence-corrected chi connectivity index (χ4v) is 6.47. The molecule has 25 heavy (non-hydrogen) atoms. The van der Waals surface area contributed by atoms with E-state index in [0.29, 0.717) is 42.1 Å². The number of carboxylic acids is 1. The Morgan fingerprint density at radius 2 is 1.96 bits per heavy atom. The highest BCUT2D eigenvalue weighted by atomic mass is 16.4. The van der Waals surface area contributed by atoms with Gasteiger partial charge < -0.3 is 10.0 Å². The summed E-state index contributed by atoms with van der Waals surface area (Å²) in [7, 11) is 1.99. The minimum atomic E-state index is -0.770. The number of rotatable bonds is 1. The van der Waals surface area contributed by atoms with Crippen molar-refractivity contribution in [3.05, 3.63) is 23.3 Å². The summed E-state index contributed by atoms with van der Waals surface area (Å²) in [5, 5.41) is 9.35. The molecule has 0 aromatic carbocycles. The predicted octanol–water partition coefficient (Wildman–Crippen LogP) is 3.78. The van der Waals surface area contributed by atoms with E-state index in [9.17, 15) is 14.7 Å². The third-order valence-corrected chi connectivity index (χ3v) is 8.21. The minimum Gasteiger partial charge on any atom is -0.478 e. The summed E-state index contributed by atoms with van der Waals surface area (Å²) in [6, 6.07) is 0. The number of fused-ring (bicyclic) bond motifs is 5. The fraction of sp³-hybridized carbons (Fsp3) is 0.714. The number of piperidine rings is 1. The lowest BCUT2D eigenvalue weighted by Gasteiger charge is -2.61. The molecular formula is C21H29NO3. The molecule has 2 fully saturated rings. The standard InChI is InChI=1S/C21H29NO3/c1-20-10-8-13(19(24)25)12-14(20)4-5-15-16(20)9-11-21(2)17(15)6-7-18(23)22(21)3/h4,12,15-17H,5-11H2,1-3H3,(H,24,25)/t15?,16?,17?,20-,21-/m0/s1. The Balaban J connectivity index is 1.69. The summed E-state index contributed by atoms with van der Waals surface area (Å²) in [5.74, 6) is 1.31. The van der Waals surface area contributed by atoms with Crippen LogP contribution in [0.25, 0.3) is 0 Å². The van der Waals surface area contributed by atoms with Gasteiger partial charge in [0.05, 0.1) is 0 Å². The lowest BCUT2D eigenvalue weighted by molar-refractivity contribution is -0.152. The lowest BCUT2D eigenvalue weighted by atomic mass is 9.48. The van der Waals surface area contributed by atoms with Gasteiger partial charge in [-0.05, 0) is 80.3 Å². The second-order valence-corrected chi connectivity index (χ2v) is 9.05. The van der Waals surface area contributed by atoms with Gasteiger partial charge in [0.15, 0.2) is 0 Å². The van der Waals surface area contributed by atoms with Crippen LogP contribution in [0.3, 0.4) is 0 Å². The van der Waals surface area contributed by atoms with Crippen LogP contribution in [-0.2, 0) is 9.59 Å². The van der Waals surface area contributed by atoms with Gasteiger partial charge in [0.2, 0.25) is 5.91 Å². The van der Waals surface area contributed by atoms with E-state index in [1.54, 1.807) is 0 Å². The van der Waals surface area contributed by atoms with Crippen molar-refractivity contribution in [2.45, 2.75) is 64.3 Å². The van der Waals surface area contributed by atoms with Crippen LogP contribution in [0, 0.1) is 23.2 Å². The maximum absolute atomic E-state index is 12.3. The van der Waals surface area contributed by atoms with Crippen LogP contribution in [0.1, 0.15) is 58.8 Å². The molecule has 0 spiro atoms. The average Bonchev–Trinajstić information content (AvgIpc) is 2.57. The van der Waals surface area contributed by atoms with Crippen molar-refractivity contribution in [2.75, 3.05) is 7.05 Å². The molecule has 1 amide bonds. The van der Waals surface area contributed by atoms with E-state index < -0.39 is 5.97 Å². The number of hydrogen-bond acceptors (Lipinski definition) is 2. The molecule has 1 N–H and O–H groups in total. The van der Waals surface area contributed by atoms with Crippen LogP contribution in [0.2, 0.25) is 0 Å². The zero-order chi connectivity index (χ0) is 18.0. The summed E-state index contributed by atoms with van der Waals surface area (Å²) < 4.78 is 0. The maximum atomic E-state index is 12.3. The SMILES string of the molecule is CN1C(=O)CCC2C3CC=C4C=C(C(=O)O)CC[C@]4(C)C3CC[C@@]21C. The molecule has 3 aliphatic carbocycles.